The molecule has 0 aliphatic heterocycles. The van der Waals surface area contributed by atoms with Gasteiger partial charge in [-0.25, -0.2) is 4.68 Å². The first kappa shape index (κ1) is 19.0. The van der Waals surface area contributed by atoms with Crippen LogP contribution in [0.4, 0.5) is 5.69 Å². The summed E-state index contributed by atoms with van der Waals surface area (Å²) in [5, 5.41) is 8.44. The van der Waals surface area contributed by atoms with E-state index in [-0.39, 0.29) is 17.2 Å². The Hall–Kier alpha value is -2.78. The van der Waals surface area contributed by atoms with E-state index in [1.54, 1.807) is 24.4 Å². The molecule has 3 rings (SSSR count). The largest absolute Gasteiger partial charge is 0.330 e. The molecule has 0 spiro atoms. The van der Waals surface area contributed by atoms with E-state index in [9.17, 15) is 9.59 Å². The van der Waals surface area contributed by atoms with Crippen molar-refractivity contribution >= 4 is 55.6 Å². The van der Waals surface area contributed by atoms with Crippen molar-refractivity contribution in [2.45, 2.75) is 13.5 Å². The van der Waals surface area contributed by atoms with Crippen LogP contribution in [-0.2, 0) is 11.3 Å². The van der Waals surface area contributed by atoms with E-state index >= 15 is 0 Å². The number of hydrogen-bond acceptors (Lipinski definition) is 4. The number of thiocarbonyl (C=S) groups is 1. The first-order chi connectivity index (χ1) is 12.9. The average Bonchev–Trinajstić information content (AvgIpc) is 2.65. The Kier molecular flexibility index (Phi) is 5.82. The Balaban J connectivity index is 1.59. The molecule has 3 N–H and O–H groups in total. The molecular formula is C18H16BrN5O2S. The highest BCUT2D eigenvalue weighted by molar-refractivity contribution is 9.10. The van der Waals surface area contributed by atoms with Gasteiger partial charge in [0.25, 0.3) is 11.5 Å². The lowest BCUT2D eigenvalue weighted by atomic mass is 10.2. The summed E-state index contributed by atoms with van der Waals surface area (Å²) in [7, 11) is 0. The van der Waals surface area contributed by atoms with Gasteiger partial charge in [0.05, 0.1) is 17.3 Å². The molecule has 0 fully saturated rings. The van der Waals surface area contributed by atoms with Crippen molar-refractivity contribution in [2.75, 3.05) is 5.32 Å². The summed E-state index contributed by atoms with van der Waals surface area (Å²) in [6.07, 6.45) is 1.55. The van der Waals surface area contributed by atoms with Gasteiger partial charge in [0.2, 0.25) is 0 Å². The van der Waals surface area contributed by atoms with Crippen molar-refractivity contribution in [3.05, 3.63) is 69.1 Å². The van der Waals surface area contributed by atoms with Crippen molar-refractivity contribution in [1.29, 1.82) is 0 Å². The number of benzene rings is 2. The zero-order chi connectivity index (χ0) is 19.4. The summed E-state index contributed by atoms with van der Waals surface area (Å²) in [4.78, 5) is 24.5. The lowest BCUT2D eigenvalue weighted by Gasteiger charge is -2.13. The number of carbonyl (C=O) groups excluding carboxylic acids is 1. The normalized spacial score (nSPS) is 10.4. The van der Waals surface area contributed by atoms with Gasteiger partial charge in [-0.3, -0.25) is 20.4 Å². The number of nitrogens with zero attached hydrogens (tertiary/aromatic N) is 2. The van der Waals surface area contributed by atoms with Crippen LogP contribution in [0.15, 0.2) is 57.9 Å². The molecular weight excluding hydrogens is 430 g/mol. The number of amides is 1. The van der Waals surface area contributed by atoms with E-state index in [0.717, 1.165) is 25.8 Å². The number of fused-ring (bicyclic) bond motifs is 1. The van der Waals surface area contributed by atoms with Gasteiger partial charge >= 0.3 is 0 Å². The van der Waals surface area contributed by atoms with E-state index in [2.05, 4.69) is 37.2 Å². The van der Waals surface area contributed by atoms with Crippen LogP contribution in [-0.4, -0.2) is 20.8 Å². The molecule has 0 atom stereocenters. The Labute approximate surface area is 168 Å². The molecule has 2 aromatic carbocycles. The van der Waals surface area contributed by atoms with E-state index in [1.165, 1.54) is 0 Å². The third-order valence-corrected chi connectivity index (χ3v) is 4.60. The first-order valence-electron chi connectivity index (χ1n) is 8.01. The molecule has 7 nitrogen and oxygen atoms in total. The minimum absolute atomic E-state index is 0.215. The fourth-order valence-electron chi connectivity index (χ4n) is 2.42. The number of aryl methyl sites for hydroxylation is 1. The lowest BCUT2D eigenvalue weighted by molar-refractivity contribution is -0.122. The monoisotopic (exact) mass is 445 g/mol. The van der Waals surface area contributed by atoms with Crippen LogP contribution in [0.3, 0.4) is 0 Å². The summed E-state index contributed by atoms with van der Waals surface area (Å²) >= 11 is 8.60. The van der Waals surface area contributed by atoms with Crippen LogP contribution in [0.25, 0.3) is 10.8 Å². The van der Waals surface area contributed by atoms with E-state index < -0.39 is 5.91 Å². The molecule has 1 amide bonds. The van der Waals surface area contributed by atoms with Crippen LogP contribution in [0.5, 0.6) is 0 Å². The number of halogens is 1. The minimum atomic E-state index is -0.452. The molecule has 1 heterocycles. The maximum atomic E-state index is 12.4. The Morgan fingerprint density at radius 1 is 1.22 bits per heavy atom. The third-order valence-electron chi connectivity index (χ3n) is 3.74. The van der Waals surface area contributed by atoms with Crippen LogP contribution >= 0.6 is 28.1 Å². The molecule has 0 saturated heterocycles. The molecule has 0 bridgehead atoms. The zero-order valence-electron chi connectivity index (χ0n) is 14.3. The molecule has 0 saturated carbocycles. The topological polar surface area (TPSA) is 88.0 Å². The van der Waals surface area contributed by atoms with Gasteiger partial charge in [0.1, 0.15) is 6.54 Å². The van der Waals surface area contributed by atoms with E-state index in [4.69, 9.17) is 12.2 Å². The molecule has 3 aromatic rings. The van der Waals surface area contributed by atoms with Gasteiger partial charge in [-0.1, -0.05) is 24.3 Å². The second-order valence-corrected chi connectivity index (χ2v) is 7.07. The minimum Gasteiger partial charge on any atom is -0.330 e. The quantitative estimate of drug-likeness (QED) is 0.423. The molecule has 1 aromatic heterocycles. The van der Waals surface area contributed by atoms with Crippen LogP contribution in [0.1, 0.15) is 5.56 Å². The SMILES string of the molecule is Cc1ccc(NC(=S)NNC(=O)Cn2ncc3ccccc3c2=O)c(Br)c1. The molecule has 27 heavy (non-hydrogen) atoms. The number of anilines is 1. The lowest BCUT2D eigenvalue weighted by Crippen LogP contribution is -2.46. The van der Waals surface area contributed by atoms with Gasteiger partial charge in [0, 0.05) is 9.86 Å². The van der Waals surface area contributed by atoms with Gasteiger partial charge in [-0.15, -0.1) is 0 Å². The molecule has 0 aliphatic carbocycles. The van der Waals surface area contributed by atoms with E-state index in [0.29, 0.717) is 5.39 Å². The Morgan fingerprint density at radius 2 is 2.00 bits per heavy atom. The van der Waals surface area contributed by atoms with Gasteiger partial charge < -0.3 is 5.32 Å². The fourth-order valence-corrected chi connectivity index (χ4v) is 3.17. The number of hydrazine groups is 1. The molecule has 138 valence electrons. The highest BCUT2D eigenvalue weighted by atomic mass is 79.9. The van der Waals surface area contributed by atoms with Crippen LogP contribution < -0.4 is 21.7 Å². The summed E-state index contributed by atoms with van der Waals surface area (Å²) in [6.45, 7) is 1.75. The number of nitrogens with one attached hydrogen (secondary N) is 3. The fraction of sp³-hybridized carbons (Fsp3) is 0.111. The number of carbonyl (C=O) groups is 1. The number of hydrogen-bond donors (Lipinski definition) is 3. The Bertz CT molecular complexity index is 1080. The summed E-state index contributed by atoms with van der Waals surface area (Å²) in [6, 6.07) is 12.8. The second-order valence-electron chi connectivity index (χ2n) is 5.81. The van der Waals surface area contributed by atoms with Crippen LogP contribution in [0, 0.1) is 6.92 Å². The van der Waals surface area contributed by atoms with Crippen molar-refractivity contribution in [1.82, 2.24) is 20.6 Å². The molecule has 0 radical (unpaired) electrons. The maximum Gasteiger partial charge on any atom is 0.275 e. The highest BCUT2D eigenvalue weighted by Gasteiger charge is 2.09. The van der Waals surface area contributed by atoms with Crippen molar-refractivity contribution in [3.8, 4) is 0 Å². The maximum absolute atomic E-state index is 12.4. The Morgan fingerprint density at radius 3 is 2.78 bits per heavy atom. The van der Waals surface area contributed by atoms with Crippen molar-refractivity contribution in [2.24, 2.45) is 0 Å². The smallest absolute Gasteiger partial charge is 0.275 e. The molecule has 0 aliphatic rings. The third kappa shape index (κ3) is 4.69. The molecule has 0 unspecified atom stereocenters. The predicted molar refractivity (Wildman–Crippen MR) is 112 cm³/mol. The summed E-state index contributed by atoms with van der Waals surface area (Å²) in [5.41, 5.74) is 6.60. The van der Waals surface area contributed by atoms with Gasteiger partial charge in [0.15, 0.2) is 5.11 Å². The predicted octanol–water partition coefficient (Wildman–Crippen LogP) is 2.49. The molecule has 9 heteroatoms. The van der Waals surface area contributed by atoms with Gasteiger partial charge in [-0.2, -0.15) is 5.10 Å². The summed E-state index contributed by atoms with van der Waals surface area (Å²) < 4.78 is 1.96. The van der Waals surface area contributed by atoms with Crippen LogP contribution in [0.2, 0.25) is 0 Å². The summed E-state index contributed by atoms with van der Waals surface area (Å²) in [5.74, 6) is -0.452. The highest BCUT2D eigenvalue weighted by Crippen LogP contribution is 2.23. The number of aromatic nitrogens is 2. The number of rotatable bonds is 3. The van der Waals surface area contributed by atoms with Crippen molar-refractivity contribution < 1.29 is 4.79 Å². The average molecular weight is 446 g/mol. The second kappa shape index (κ2) is 8.28. The van der Waals surface area contributed by atoms with E-state index in [1.807, 2.05) is 31.2 Å². The van der Waals surface area contributed by atoms with Gasteiger partial charge in [-0.05, 0) is 58.8 Å². The zero-order valence-corrected chi connectivity index (χ0v) is 16.7. The van der Waals surface area contributed by atoms with Crippen molar-refractivity contribution in [3.63, 3.8) is 0 Å². The standard InChI is InChI=1S/C18H16BrN5O2S/c1-11-6-7-15(14(19)8-11)21-18(27)23-22-16(25)10-24-17(26)13-5-3-2-4-12(13)9-20-24/h2-9H,10H2,1H3,(H,22,25)(H2,21,23,27). The first-order valence-corrected chi connectivity index (χ1v) is 9.21.